The van der Waals surface area contributed by atoms with Crippen molar-refractivity contribution < 1.29 is 22.8 Å². The molecule has 2 amide bonds. The molecule has 0 atom stereocenters. The number of nitrogens with zero attached hydrogens (tertiary/aromatic N) is 4. The molecule has 1 aromatic heterocycles. The number of fused-ring (bicyclic) bond motifs is 1. The molecule has 3 aromatic rings. The highest BCUT2D eigenvalue weighted by atomic mass is 32.1. The maximum atomic E-state index is 13.5. The van der Waals surface area contributed by atoms with Gasteiger partial charge in [0.05, 0.1) is 22.4 Å². The van der Waals surface area contributed by atoms with E-state index in [4.69, 9.17) is 18.8 Å². The molecule has 0 spiro atoms. The number of aromatic nitrogens is 1. The Morgan fingerprint density at radius 2 is 1.88 bits per heavy atom. The first-order valence-electron chi connectivity index (χ1n) is 9.80. The number of carbonyl (C=O) groups excluding carboxylic acids is 2. The van der Waals surface area contributed by atoms with Gasteiger partial charge in [-0.3, -0.25) is 14.5 Å². The van der Waals surface area contributed by atoms with Gasteiger partial charge in [0.1, 0.15) is 5.54 Å². The molecular weight excluding hydrogens is 487 g/mol. The van der Waals surface area contributed by atoms with Gasteiger partial charge in [0.15, 0.2) is 15.9 Å². The summed E-state index contributed by atoms with van der Waals surface area (Å²) >= 11 is 6.83. The van der Waals surface area contributed by atoms with Crippen molar-refractivity contribution in [2.45, 2.75) is 32.5 Å². The zero-order valence-electron chi connectivity index (χ0n) is 18.0. The van der Waals surface area contributed by atoms with Gasteiger partial charge in [-0.15, -0.1) is 0 Å². The average molecular weight is 504 g/mol. The number of nitrogens with one attached hydrogen (secondary N) is 1. The summed E-state index contributed by atoms with van der Waals surface area (Å²) in [4.78, 5) is 34.6. The van der Waals surface area contributed by atoms with E-state index in [2.05, 4.69) is 15.1 Å². The predicted molar refractivity (Wildman–Crippen MR) is 128 cm³/mol. The van der Waals surface area contributed by atoms with Crippen LogP contribution in [0.5, 0.6) is 0 Å². The standard InChI is InChI=1S/C22H16F3N5O2S2/c1-11(31)27-19-28-16-10-13(6-8-17(16)34-19)30-20(33)29(18(32)21(30,2)3)12-5-7-15(26-4)14(9-12)22(23,24)25/h5-10H,1-3H3,(H,27,28,31). The summed E-state index contributed by atoms with van der Waals surface area (Å²) in [5.41, 5.74) is -1.90. The van der Waals surface area contributed by atoms with Crippen molar-refractivity contribution in [2.24, 2.45) is 0 Å². The van der Waals surface area contributed by atoms with Crippen LogP contribution in [0.15, 0.2) is 36.4 Å². The Balaban J connectivity index is 1.77. The lowest BCUT2D eigenvalue weighted by molar-refractivity contribution is -0.136. The van der Waals surface area contributed by atoms with Gasteiger partial charge in [0, 0.05) is 18.3 Å². The molecule has 1 aliphatic heterocycles. The van der Waals surface area contributed by atoms with Gasteiger partial charge in [0.25, 0.3) is 5.91 Å². The number of benzene rings is 2. The van der Waals surface area contributed by atoms with E-state index in [-0.39, 0.29) is 16.7 Å². The fourth-order valence-electron chi connectivity index (χ4n) is 3.70. The van der Waals surface area contributed by atoms with E-state index in [0.717, 1.165) is 21.7 Å². The van der Waals surface area contributed by atoms with E-state index in [1.807, 2.05) is 0 Å². The van der Waals surface area contributed by atoms with Crippen molar-refractivity contribution in [3.63, 3.8) is 0 Å². The Morgan fingerprint density at radius 3 is 2.50 bits per heavy atom. The van der Waals surface area contributed by atoms with E-state index in [0.29, 0.717) is 16.3 Å². The molecule has 0 bridgehead atoms. The summed E-state index contributed by atoms with van der Waals surface area (Å²) in [6.45, 7) is 11.6. The molecule has 0 saturated carbocycles. The Labute approximate surface area is 201 Å². The second kappa shape index (κ2) is 8.03. The third-order valence-corrected chi connectivity index (χ3v) is 6.56. The van der Waals surface area contributed by atoms with Crippen LogP contribution in [0, 0.1) is 6.57 Å². The normalized spacial score (nSPS) is 15.7. The van der Waals surface area contributed by atoms with Crippen molar-refractivity contribution in [3.8, 4) is 0 Å². The third-order valence-electron chi connectivity index (χ3n) is 5.24. The Hall–Kier alpha value is -3.56. The van der Waals surface area contributed by atoms with Gasteiger partial charge in [-0.1, -0.05) is 17.4 Å². The maximum absolute atomic E-state index is 13.5. The van der Waals surface area contributed by atoms with E-state index >= 15 is 0 Å². The molecule has 174 valence electrons. The van der Waals surface area contributed by atoms with Gasteiger partial charge in [-0.2, -0.15) is 13.2 Å². The first kappa shape index (κ1) is 23.6. The van der Waals surface area contributed by atoms with Crippen LogP contribution in [0.4, 0.5) is 35.4 Å². The molecule has 4 rings (SSSR count). The first-order valence-corrected chi connectivity index (χ1v) is 11.0. The van der Waals surface area contributed by atoms with E-state index in [9.17, 15) is 22.8 Å². The van der Waals surface area contributed by atoms with Crippen molar-refractivity contribution in [1.82, 2.24) is 4.98 Å². The number of anilines is 3. The molecule has 1 fully saturated rings. The van der Waals surface area contributed by atoms with Gasteiger partial charge in [0.2, 0.25) is 5.91 Å². The van der Waals surface area contributed by atoms with E-state index in [1.54, 1.807) is 36.9 Å². The lowest BCUT2D eigenvalue weighted by Crippen LogP contribution is -2.44. The highest BCUT2D eigenvalue weighted by Gasteiger charge is 2.50. The summed E-state index contributed by atoms with van der Waals surface area (Å²) in [7, 11) is 0. The van der Waals surface area contributed by atoms with Crippen LogP contribution in [0.1, 0.15) is 26.3 Å². The molecule has 12 heteroatoms. The number of alkyl halides is 3. The fourth-order valence-corrected chi connectivity index (χ4v) is 5.12. The number of hydrogen-bond donors (Lipinski definition) is 1. The van der Waals surface area contributed by atoms with E-state index < -0.39 is 28.9 Å². The minimum atomic E-state index is -4.77. The minimum absolute atomic E-state index is 0.00430. The quantitative estimate of drug-likeness (QED) is 0.365. The van der Waals surface area contributed by atoms with Gasteiger partial charge in [-0.25, -0.2) is 9.83 Å². The molecule has 34 heavy (non-hydrogen) atoms. The molecule has 1 N–H and O–H groups in total. The van der Waals surface area contributed by atoms with Crippen molar-refractivity contribution in [2.75, 3.05) is 15.1 Å². The number of thiazole rings is 1. The molecule has 0 aliphatic carbocycles. The van der Waals surface area contributed by atoms with Crippen molar-refractivity contribution >= 4 is 72.9 Å². The number of thiocarbonyl (C=S) groups is 1. The summed E-state index contributed by atoms with van der Waals surface area (Å²) in [5, 5.41) is 3.04. The fraction of sp³-hybridized carbons (Fsp3) is 0.227. The second-order valence-corrected chi connectivity index (χ2v) is 9.38. The average Bonchev–Trinajstić information content (AvgIpc) is 3.20. The lowest BCUT2D eigenvalue weighted by atomic mass is 10.0. The molecule has 1 saturated heterocycles. The molecule has 0 radical (unpaired) electrons. The highest BCUT2D eigenvalue weighted by Crippen LogP contribution is 2.42. The maximum Gasteiger partial charge on any atom is 0.407 e. The third kappa shape index (κ3) is 3.86. The van der Waals surface area contributed by atoms with Gasteiger partial charge >= 0.3 is 6.18 Å². The minimum Gasteiger partial charge on any atom is -0.303 e. The van der Waals surface area contributed by atoms with Gasteiger partial charge < -0.3 is 10.2 Å². The number of halogens is 3. The number of rotatable bonds is 3. The van der Waals surface area contributed by atoms with Crippen LogP contribution in [-0.2, 0) is 15.8 Å². The molecule has 7 nitrogen and oxygen atoms in total. The lowest BCUT2D eigenvalue weighted by Gasteiger charge is -2.29. The Bertz CT molecular complexity index is 1410. The SMILES string of the molecule is [C-]#[N+]c1ccc(N2C(=O)C(C)(C)N(c3ccc4sc(NC(C)=O)nc4c3)C2=S)cc1C(F)(F)F. The van der Waals surface area contributed by atoms with Crippen LogP contribution in [0.25, 0.3) is 15.1 Å². The smallest absolute Gasteiger partial charge is 0.303 e. The summed E-state index contributed by atoms with van der Waals surface area (Å²) in [5.74, 6) is -0.775. The number of hydrogen-bond acceptors (Lipinski definition) is 5. The molecule has 1 aliphatic rings. The Kier molecular flexibility index (Phi) is 5.58. The zero-order valence-corrected chi connectivity index (χ0v) is 19.7. The largest absolute Gasteiger partial charge is 0.407 e. The first-order chi connectivity index (χ1) is 15.8. The van der Waals surface area contributed by atoms with Crippen LogP contribution >= 0.6 is 23.6 Å². The Morgan fingerprint density at radius 1 is 1.21 bits per heavy atom. The monoisotopic (exact) mass is 503 g/mol. The van der Waals surface area contributed by atoms with Crippen LogP contribution in [0.2, 0.25) is 0 Å². The topological polar surface area (TPSA) is 69.9 Å². The summed E-state index contributed by atoms with van der Waals surface area (Å²) < 4.78 is 41.3. The van der Waals surface area contributed by atoms with Crippen molar-refractivity contribution in [3.05, 3.63) is 53.4 Å². The molecule has 2 heterocycles. The highest BCUT2D eigenvalue weighted by molar-refractivity contribution is 7.81. The summed E-state index contributed by atoms with van der Waals surface area (Å²) in [6.07, 6.45) is -4.77. The van der Waals surface area contributed by atoms with Crippen molar-refractivity contribution in [1.29, 1.82) is 0 Å². The van der Waals surface area contributed by atoms with E-state index in [1.165, 1.54) is 24.3 Å². The molecule has 0 unspecified atom stereocenters. The van der Waals surface area contributed by atoms with Gasteiger partial charge in [-0.05, 0) is 56.4 Å². The van der Waals surface area contributed by atoms with Crippen LogP contribution < -0.4 is 15.1 Å². The zero-order chi connectivity index (χ0) is 25.0. The van der Waals surface area contributed by atoms with Crippen LogP contribution in [0.3, 0.4) is 0 Å². The predicted octanol–water partition coefficient (Wildman–Crippen LogP) is 5.74. The second-order valence-electron chi connectivity index (χ2n) is 7.98. The number of carbonyl (C=O) groups is 2. The summed E-state index contributed by atoms with van der Waals surface area (Å²) in [6, 6.07) is 8.26. The number of amides is 2. The molecular formula is C22H16F3N5O2S2. The molecule has 2 aromatic carbocycles. The van der Waals surface area contributed by atoms with Crippen LogP contribution in [-0.4, -0.2) is 27.4 Å².